The molecule has 0 heterocycles. The number of hydrogen-bond donors (Lipinski definition) is 1. The Bertz CT molecular complexity index is 476. The van der Waals surface area contributed by atoms with Gasteiger partial charge >= 0.3 is 11.9 Å². The van der Waals surface area contributed by atoms with Gasteiger partial charge in [0.25, 0.3) is 0 Å². The maximum Gasteiger partial charge on any atom is 0.339 e. The van der Waals surface area contributed by atoms with E-state index < -0.39 is 11.9 Å². The van der Waals surface area contributed by atoms with Crippen LogP contribution in [0, 0.1) is 0 Å². The van der Waals surface area contributed by atoms with E-state index in [0.717, 1.165) is 0 Å². The van der Waals surface area contributed by atoms with Crippen molar-refractivity contribution >= 4 is 11.9 Å². The normalized spacial score (nSPS) is 9.53. The van der Waals surface area contributed by atoms with E-state index in [-0.39, 0.29) is 22.6 Å². The second-order valence-corrected chi connectivity index (χ2v) is 3.34. The molecule has 0 radical (unpaired) electrons. The summed E-state index contributed by atoms with van der Waals surface area (Å²) in [5, 5.41) is 8.86. The van der Waals surface area contributed by atoms with E-state index in [9.17, 15) is 9.59 Å². The fourth-order valence-electron chi connectivity index (χ4n) is 1.11. The average molecular weight is 236 g/mol. The monoisotopic (exact) mass is 236 g/mol. The summed E-state index contributed by atoms with van der Waals surface area (Å²) >= 11 is 0. The summed E-state index contributed by atoms with van der Waals surface area (Å²) in [6, 6.07) is 4.03. The topological polar surface area (TPSA) is 72.8 Å². The summed E-state index contributed by atoms with van der Waals surface area (Å²) in [6.45, 7) is 4.96. The van der Waals surface area contributed by atoms with Crippen molar-refractivity contribution < 1.29 is 24.2 Å². The van der Waals surface area contributed by atoms with Crippen LogP contribution in [0.15, 0.2) is 30.4 Å². The van der Waals surface area contributed by atoms with Gasteiger partial charge in [0.15, 0.2) is 0 Å². The number of carboxylic acid groups (broad SMARTS) is 1. The van der Waals surface area contributed by atoms with Crippen LogP contribution in [-0.2, 0) is 4.79 Å². The molecule has 0 aliphatic rings. The highest BCUT2D eigenvalue weighted by molar-refractivity contribution is 5.92. The number of rotatable bonds is 4. The van der Waals surface area contributed by atoms with Gasteiger partial charge in [0.2, 0.25) is 0 Å². The van der Waals surface area contributed by atoms with Crippen molar-refractivity contribution in [3.63, 3.8) is 0 Å². The van der Waals surface area contributed by atoms with Gasteiger partial charge in [0.05, 0.1) is 7.11 Å². The van der Waals surface area contributed by atoms with Crippen molar-refractivity contribution in [1.82, 2.24) is 0 Å². The summed E-state index contributed by atoms with van der Waals surface area (Å²) in [7, 11) is 1.34. The minimum atomic E-state index is -1.11. The van der Waals surface area contributed by atoms with E-state index in [2.05, 4.69) is 6.58 Å². The van der Waals surface area contributed by atoms with Gasteiger partial charge in [-0.3, -0.25) is 0 Å². The molecular weight excluding hydrogens is 224 g/mol. The summed E-state index contributed by atoms with van der Waals surface area (Å²) < 4.78 is 9.84. The minimum Gasteiger partial charge on any atom is -0.496 e. The van der Waals surface area contributed by atoms with Crippen LogP contribution in [-0.4, -0.2) is 24.2 Å². The SMILES string of the molecule is C=C(C)C(=O)Oc1ccc(C(=O)O)c(OC)c1. The predicted octanol–water partition coefficient (Wildman–Crippen LogP) is 1.87. The molecule has 1 aromatic carbocycles. The van der Waals surface area contributed by atoms with Crippen molar-refractivity contribution in [2.45, 2.75) is 6.92 Å². The number of aromatic carboxylic acids is 1. The van der Waals surface area contributed by atoms with Gasteiger partial charge < -0.3 is 14.6 Å². The fraction of sp³-hybridized carbons (Fsp3) is 0.167. The standard InChI is InChI=1S/C12H12O5/c1-7(2)12(15)17-8-4-5-9(11(13)14)10(6-8)16-3/h4-6H,1H2,2-3H3,(H,13,14). The van der Waals surface area contributed by atoms with E-state index in [4.69, 9.17) is 14.6 Å². The van der Waals surface area contributed by atoms with Crippen molar-refractivity contribution in [1.29, 1.82) is 0 Å². The summed E-state index contributed by atoms with van der Waals surface area (Å²) in [5.74, 6) is -1.35. The summed E-state index contributed by atoms with van der Waals surface area (Å²) in [5.41, 5.74) is 0.258. The number of benzene rings is 1. The molecule has 0 spiro atoms. The molecule has 0 saturated carbocycles. The Labute approximate surface area is 98.3 Å². The van der Waals surface area contributed by atoms with E-state index >= 15 is 0 Å². The first-order chi connectivity index (χ1) is 7.95. The first-order valence-electron chi connectivity index (χ1n) is 4.74. The van der Waals surface area contributed by atoms with Gasteiger partial charge in [0.1, 0.15) is 17.1 Å². The minimum absolute atomic E-state index is 0.00243. The molecule has 90 valence electrons. The smallest absolute Gasteiger partial charge is 0.339 e. The van der Waals surface area contributed by atoms with Crippen LogP contribution >= 0.6 is 0 Å². The Kier molecular flexibility index (Phi) is 3.87. The molecule has 0 aliphatic carbocycles. The van der Waals surface area contributed by atoms with Gasteiger partial charge in [-0.15, -0.1) is 0 Å². The molecule has 0 amide bonds. The number of hydrogen-bond acceptors (Lipinski definition) is 4. The largest absolute Gasteiger partial charge is 0.496 e. The predicted molar refractivity (Wildman–Crippen MR) is 60.4 cm³/mol. The number of carbonyl (C=O) groups excluding carboxylic acids is 1. The molecular formula is C12H12O5. The van der Waals surface area contributed by atoms with Crippen LogP contribution in [0.4, 0.5) is 0 Å². The van der Waals surface area contributed by atoms with Crippen LogP contribution in [0.2, 0.25) is 0 Å². The zero-order valence-corrected chi connectivity index (χ0v) is 9.52. The zero-order chi connectivity index (χ0) is 13.0. The van der Waals surface area contributed by atoms with Gasteiger partial charge in [-0.25, -0.2) is 9.59 Å². The Morgan fingerprint density at radius 1 is 1.35 bits per heavy atom. The third kappa shape index (κ3) is 3.07. The number of carboxylic acids is 1. The van der Waals surface area contributed by atoms with Gasteiger partial charge in [0, 0.05) is 11.6 Å². The molecule has 1 N–H and O–H groups in total. The molecule has 5 heteroatoms. The number of carbonyl (C=O) groups is 2. The summed E-state index contributed by atoms with van der Waals surface area (Å²) in [6.07, 6.45) is 0. The maximum absolute atomic E-state index is 11.3. The number of ether oxygens (including phenoxy) is 2. The maximum atomic E-state index is 11.3. The van der Waals surface area contributed by atoms with Crippen molar-refractivity contribution in [3.8, 4) is 11.5 Å². The third-order valence-corrected chi connectivity index (χ3v) is 1.96. The van der Waals surface area contributed by atoms with Crippen LogP contribution in [0.25, 0.3) is 0 Å². The Morgan fingerprint density at radius 2 is 2.00 bits per heavy atom. The van der Waals surface area contributed by atoms with Crippen molar-refractivity contribution in [2.75, 3.05) is 7.11 Å². The lowest BCUT2D eigenvalue weighted by molar-refractivity contribution is -0.130. The quantitative estimate of drug-likeness (QED) is 0.491. The van der Waals surface area contributed by atoms with Gasteiger partial charge in [-0.05, 0) is 19.1 Å². The average Bonchev–Trinajstić information content (AvgIpc) is 2.28. The molecule has 0 bridgehead atoms. The van der Waals surface area contributed by atoms with Crippen LogP contribution in [0.1, 0.15) is 17.3 Å². The molecule has 0 unspecified atom stereocenters. The summed E-state index contributed by atoms with van der Waals surface area (Å²) in [4.78, 5) is 22.1. The van der Waals surface area contributed by atoms with Gasteiger partial charge in [-0.2, -0.15) is 0 Å². The van der Waals surface area contributed by atoms with E-state index in [1.807, 2.05) is 0 Å². The molecule has 1 rings (SSSR count). The second kappa shape index (κ2) is 5.16. The molecule has 0 aliphatic heterocycles. The molecule has 1 aromatic rings. The molecule has 0 saturated heterocycles. The lowest BCUT2D eigenvalue weighted by Gasteiger charge is -2.08. The molecule has 0 fully saturated rings. The highest BCUT2D eigenvalue weighted by Gasteiger charge is 2.13. The van der Waals surface area contributed by atoms with Gasteiger partial charge in [-0.1, -0.05) is 6.58 Å². The molecule has 0 atom stereocenters. The lowest BCUT2D eigenvalue weighted by Crippen LogP contribution is -2.09. The highest BCUT2D eigenvalue weighted by Crippen LogP contribution is 2.25. The fourth-order valence-corrected chi connectivity index (χ4v) is 1.11. The Morgan fingerprint density at radius 3 is 2.47 bits per heavy atom. The van der Waals surface area contributed by atoms with Crippen molar-refractivity contribution in [3.05, 3.63) is 35.9 Å². The third-order valence-electron chi connectivity index (χ3n) is 1.96. The number of methoxy groups -OCH3 is 1. The first kappa shape index (κ1) is 12.8. The van der Waals surface area contributed by atoms with E-state index in [1.165, 1.54) is 32.2 Å². The first-order valence-corrected chi connectivity index (χ1v) is 4.74. The number of esters is 1. The zero-order valence-electron chi connectivity index (χ0n) is 9.52. The van der Waals surface area contributed by atoms with Crippen molar-refractivity contribution in [2.24, 2.45) is 0 Å². The highest BCUT2D eigenvalue weighted by atomic mass is 16.5. The van der Waals surface area contributed by atoms with E-state index in [0.29, 0.717) is 0 Å². The van der Waals surface area contributed by atoms with E-state index in [1.54, 1.807) is 0 Å². The lowest BCUT2D eigenvalue weighted by atomic mass is 10.2. The second-order valence-electron chi connectivity index (χ2n) is 3.34. The Balaban J connectivity index is 3.01. The van der Waals surface area contributed by atoms with Crippen LogP contribution < -0.4 is 9.47 Å². The molecule has 0 aromatic heterocycles. The van der Waals surface area contributed by atoms with Crippen LogP contribution in [0.5, 0.6) is 11.5 Å². The Hall–Kier alpha value is -2.30. The molecule has 5 nitrogen and oxygen atoms in total. The molecule has 17 heavy (non-hydrogen) atoms. The van der Waals surface area contributed by atoms with Crippen LogP contribution in [0.3, 0.4) is 0 Å².